The second kappa shape index (κ2) is 6.41. The fourth-order valence-electron chi connectivity index (χ4n) is 2.09. The summed E-state index contributed by atoms with van der Waals surface area (Å²) in [5, 5.41) is 4.16. The van der Waals surface area contributed by atoms with E-state index in [1.807, 2.05) is 26.8 Å². The molecule has 2 heterocycles. The topological polar surface area (TPSA) is 76.5 Å². The Hall–Kier alpha value is -1.66. The summed E-state index contributed by atoms with van der Waals surface area (Å²) in [6, 6.07) is 1.86. The van der Waals surface area contributed by atoms with Gasteiger partial charge in [0, 0.05) is 25.5 Å². The number of carbonyl (C=O) groups is 1. The first kappa shape index (κ1) is 17.4. The van der Waals surface area contributed by atoms with Crippen LogP contribution in [0.15, 0.2) is 18.5 Å². The highest BCUT2D eigenvalue weighted by atomic mass is 35.5. The maximum Gasteiger partial charge on any atom is 0.259 e. The number of amides is 1. The van der Waals surface area contributed by atoms with E-state index in [2.05, 4.69) is 10.1 Å². The molecule has 6 nitrogen and oxygen atoms in total. The number of halogens is 1. The zero-order chi connectivity index (χ0) is 14.9. The highest BCUT2D eigenvalue weighted by Gasteiger charge is 2.24. The highest BCUT2D eigenvalue weighted by Crippen LogP contribution is 2.17. The van der Waals surface area contributed by atoms with Gasteiger partial charge in [0.1, 0.15) is 5.56 Å². The summed E-state index contributed by atoms with van der Waals surface area (Å²) in [5.74, 6) is -0.0837. The number of nitrogens with two attached hydrogens (primary N) is 1. The lowest BCUT2D eigenvalue weighted by molar-refractivity contribution is 0.0742. The number of carbonyl (C=O) groups excluding carboxylic acids is 1. The van der Waals surface area contributed by atoms with Crippen LogP contribution in [-0.4, -0.2) is 45.5 Å². The molecule has 2 aromatic heterocycles. The van der Waals surface area contributed by atoms with Gasteiger partial charge in [-0.25, -0.2) is 9.50 Å². The van der Waals surface area contributed by atoms with E-state index in [1.54, 1.807) is 28.9 Å². The largest absolute Gasteiger partial charge is 0.341 e. The van der Waals surface area contributed by atoms with Gasteiger partial charge < -0.3 is 10.6 Å². The van der Waals surface area contributed by atoms with Crippen LogP contribution < -0.4 is 5.73 Å². The Labute approximate surface area is 130 Å². The number of hydrogen-bond donors (Lipinski definition) is 1. The van der Waals surface area contributed by atoms with Crippen molar-refractivity contribution in [1.82, 2.24) is 19.5 Å². The Morgan fingerprint density at radius 2 is 2.14 bits per heavy atom. The number of nitrogens with zero attached hydrogens (tertiary/aromatic N) is 4. The molecular weight excluding hydrogens is 290 g/mol. The lowest BCUT2D eigenvalue weighted by Crippen LogP contribution is -2.39. The Morgan fingerprint density at radius 3 is 2.76 bits per heavy atom. The van der Waals surface area contributed by atoms with E-state index < -0.39 is 0 Å². The minimum Gasteiger partial charge on any atom is -0.341 e. The van der Waals surface area contributed by atoms with Crippen LogP contribution in [0.1, 0.15) is 29.9 Å². The molecule has 0 fully saturated rings. The molecule has 0 aliphatic rings. The van der Waals surface area contributed by atoms with Crippen LogP contribution >= 0.6 is 12.4 Å². The molecule has 21 heavy (non-hydrogen) atoms. The molecule has 0 saturated carbocycles. The van der Waals surface area contributed by atoms with Gasteiger partial charge in [-0.15, -0.1) is 12.4 Å². The predicted molar refractivity (Wildman–Crippen MR) is 84.8 cm³/mol. The van der Waals surface area contributed by atoms with Crippen molar-refractivity contribution in [2.45, 2.75) is 20.8 Å². The summed E-state index contributed by atoms with van der Waals surface area (Å²) in [6.07, 6.45) is 3.37. The van der Waals surface area contributed by atoms with Gasteiger partial charge >= 0.3 is 0 Å². The summed E-state index contributed by atoms with van der Waals surface area (Å²) in [6.45, 7) is 7.08. The molecule has 0 atom stereocenters. The number of aryl methyl sites for hydroxylation is 1. The van der Waals surface area contributed by atoms with Crippen molar-refractivity contribution in [1.29, 1.82) is 0 Å². The minimum atomic E-state index is -0.114. The van der Waals surface area contributed by atoms with Crippen molar-refractivity contribution >= 4 is 24.0 Å². The second-order valence-electron chi connectivity index (χ2n) is 5.92. The van der Waals surface area contributed by atoms with Gasteiger partial charge in [-0.3, -0.25) is 4.79 Å². The molecule has 0 saturated heterocycles. The molecule has 2 N–H and O–H groups in total. The van der Waals surface area contributed by atoms with Crippen molar-refractivity contribution in [3.05, 3.63) is 29.7 Å². The lowest BCUT2D eigenvalue weighted by atomic mass is 9.93. The Balaban J connectivity index is 0.00000220. The Bertz CT molecular complexity index is 637. The van der Waals surface area contributed by atoms with E-state index in [-0.39, 0.29) is 23.7 Å². The van der Waals surface area contributed by atoms with Crippen LogP contribution in [0, 0.1) is 12.3 Å². The average molecular weight is 312 g/mol. The molecule has 0 unspecified atom stereocenters. The van der Waals surface area contributed by atoms with Crippen LogP contribution in [0.5, 0.6) is 0 Å². The molecule has 0 aromatic carbocycles. The maximum atomic E-state index is 12.5. The monoisotopic (exact) mass is 311 g/mol. The average Bonchev–Trinajstić information content (AvgIpc) is 2.80. The van der Waals surface area contributed by atoms with Crippen LogP contribution in [0.2, 0.25) is 0 Å². The van der Waals surface area contributed by atoms with Crippen molar-refractivity contribution in [3.63, 3.8) is 0 Å². The molecule has 0 aliphatic carbocycles. The van der Waals surface area contributed by atoms with E-state index in [0.29, 0.717) is 24.3 Å². The molecule has 2 rings (SSSR count). The van der Waals surface area contributed by atoms with Gasteiger partial charge in [-0.1, -0.05) is 13.8 Å². The molecule has 0 aliphatic heterocycles. The van der Waals surface area contributed by atoms with Gasteiger partial charge in [0.05, 0.1) is 6.20 Å². The molecule has 0 radical (unpaired) electrons. The van der Waals surface area contributed by atoms with Crippen LogP contribution in [0.3, 0.4) is 0 Å². The number of fused-ring (bicyclic) bond motifs is 1. The Morgan fingerprint density at radius 1 is 1.48 bits per heavy atom. The van der Waals surface area contributed by atoms with E-state index >= 15 is 0 Å². The van der Waals surface area contributed by atoms with Gasteiger partial charge in [0.2, 0.25) is 0 Å². The molecule has 1 amide bonds. The fourth-order valence-corrected chi connectivity index (χ4v) is 2.09. The van der Waals surface area contributed by atoms with Gasteiger partial charge in [0.25, 0.3) is 5.91 Å². The van der Waals surface area contributed by atoms with E-state index in [4.69, 9.17) is 5.73 Å². The zero-order valence-corrected chi connectivity index (χ0v) is 13.6. The van der Waals surface area contributed by atoms with Crippen LogP contribution in [-0.2, 0) is 0 Å². The Kier molecular flexibility index (Phi) is 5.31. The molecule has 7 heteroatoms. The van der Waals surface area contributed by atoms with Crippen molar-refractivity contribution in [2.24, 2.45) is 11.1 Å². The van der Waals surface area contributed by atoms with E-state index in [1.165, 1.54) is 0 Å². The first-order valence-electron chi connectivity index (χ1n) is 6.60. The molecule has 0 spiro atoms. The normalized spacial score (nSPS) is 11.3. The van der Waals surface area contributed by atoms with Crippen molar-refractivity contribution < 1.29 is 4.79 Å². The SMILES string of the molecule is Cc1ccn2ncc(C(=O)N(C)CC(C)(C)CN)c2n1.Cl. The van der Waals surface area contributed by atoms with Crippen molar-refractivity contribution in [3.8, 4) is 0 Å². The molecular formula is C14H22ClN5O. The van der Waals surface area contributed by atoms with Gasteiger partial charge in [-0.05, 0) is 24.9 Å². The fraction of sp³-hybridized carbons (Fsp3) is 0.500. The maximum absolute atomic E-state index is 12.5. The smallest absolute Gasteiger partial charge is 0.259 e. The molecule has 116 valence electrons. The van der Waals surface area contributed by atoms with E-state index in [0.717, 1.165) is 5.69 Å². The highest BCUT2D eigenvalue weighted by molar-refractivity contribution is 5.99. The third-order valence-electron chi connectivity index (χ3n) is 3.30. The standard InChI is InChI=1S/C14H21N5O.ClH/c1-10-5-6-19-12(17-10)11(7-16-19)13(20)18(4)9-14(2,3)8-15;/h5-7H,8-9,15H2,1-4H3;1H. The number of hydrogen-bond acceptors (Lipinski definition) is 4. The lowest BCUT2D eigenvalue weighted by Gasteiger charge is -2.28. The van der Waals surface area contributed by atoms with Crippen LogP contribution in [0.4, 0.5) is 0 Å². The number of aromatic nitrogens is 3. The summed E-state index contributed by atoms with van der Waals surface area (Å²) >= 11 is 0. The second-order valence-corrected chi connectivity index (χ2v) is 5.92. The molecule has 2 aromatic rings. The summed E-state index contributed by atoms with van der Waals surface area (Å²) < 4.78 is 1.61. The number of rotatable bonds is 4. The van der Waals surface area contributed by atoms with Crippen LogP contribution in [0.25, 0.3) is 5.65 Å². The summed E-state index contributed by atoms with van der Waals surface area (Å²) in [7, 11) is 1.78. The zero-order valence-electron chi connectivity index (χ0n) is 12.8. The first-order chi connectivity index (χ1) is 9.34. The third kappa shape index (κ3) is 3.71. The minimum absolute atomic E-state index is 0. The third-order valence-corrected chi connectivity index (χ3v) is 3.30. The summed E-state index contributed by atoms with van der Waals surface area (Å²) in [4.78, 5) is 18.6. The quantitative estimate of drug-likeness (QED) is 0.928. The molecule has 0 bridgehead atoms. The first-order valence-corrected chi connectivity index (χ1v) is 6.60. The van der Waals surface area contributed by atoms with Crippen molar-refractivity contribution in [2.75, 3.05) is 20.1 Å². The van der Waals surface area contributed by atoms with E-state index in [9.17, 15) is 4.79 Å². The summed E-state index contributed by atoms with van der Waals surface area (Å²) in [5.41, 5.74) is 7.57. The predicted octanol–water partition coefficient (Wildman–Crippen LogP) is 1.52. The van der Waals surface area contributed by atoms with Gasteiger partial charge in [0.15, 0.2) is 5.65 Å². The van der Waals surface area contributed by atoms with Gasteiger partial charge in [-0.2, -0.15) is 5.10 Å².